The van der Waals surface area contributed by atoms with Gasteiger partial charge in [-0.25, -0.2) is 0 Å². The summed E-state index contributed by atoms with van der Waals surface area (Å²) in [5.74, 6) is 0.574. The summed E-state index contributed by atoms with van der Waals surface area (Å²) in [7, 11) is -4.04. The van der Waals surface area contributed by atoms with Gasteiger partial charge in [-0.3, -0.25) is 15.4 Å². The van der Waals surface area contributed by atoms with E-state index in [-0.39, 0.29) is 25.2 Å². The zero-order valence-corrected chi connectivity index (χ0v) is 28.4. The van der Waals surface area contributed by atoms with Gasteiger partial charge in [0.25, 0.3) is 0 Å². The van der Waals surface area contributed by atoms with E-state index in [2.05, 4.69) is 4.90 Å². The minimum atomic E-state index is -4.04. The van der Waals surface area contributed by atoms with Crippen LogP contribution >= 0.6 is 7.60 Å². The van der Waals surface area contributed by atoms with Gasteiger partial charge in [-0.1, -0.05) is 91.0 Å². The van der Waals surface area contributed by atoms with Crippen LogP contribution in [0.5, 0.6) is 11.5 Å². The van der Waals surface area contributed by atoms with Crippen LogP contribution in [0.3, 0.4) is 0 Å². The van der Waals surface area contributed by atoms with Crippen molar-refractivity contribution in [3.63, 3.8) is 0 Å². The lowest BCUT2D eigenvalue weighted by atomic mass is 10.1. The van der Waals surface area contributed by atoms with E-state index < -0.39 is 13.4 Å². The number of rotatable bonds is 13. The summed E-state index contributed by atoms with van der Waals surface area (Å²) < 4.78 is 40.5. The maximum atomic E-state index is 15.1. The molecule has 0 aliphatic carbocycles. The fraction of sp³-hybridized carbons (Fsp3) is 0.231. The SMILES string of the molecule is CC(=N)N1CCC(Oc2ccc(C(Oc3ccc4ccc(C(=N)N)cc4c3)P(=O)(OCc3ccccc3)OCc3ccccc3)cc2)CC1. The van der Waals surface area contributed by atoms with Crippen molar-refractivity contribution in [2.45, 2.75) is 44.9 Å². The van der Waals surface area contributed by atoms with Gasteiger partial charge >= 0.3 is 7.60 Å². The molecule has 1 aliphatic heterocycles. The smallest absolute Gasteiger partial charge is 0.376 e. The molecule has 0 amide bonds. The molecule has 252 valence electrons. The molecule has 0 saturated carbocycles. The van der Waals surface area contributed by atoms with Crippen molar-refractivity contribution in [2.75, 3.05) is 13.1 Å². The molecule has 0 radical (unpaired) electrons. The quantitative estimate of drug-likeness (QED) is 0.0646. The normalized spacial score (nSPS) is 14.3. The highest BCUT2D eigenvalue weighted by Gasteiger charge is 2.40. The Balaban J connectivity index is 1.32. The van der Waals surface area contributed by atoms with Gasteiger partial charge in [0, 0.05) is 37.1 Å². The highest BCUT2D eigenvalue weighted by molar-refractivity contribution is 7.54. The highest BCUT2D eigenvalue weighted by atomic mass is 31.2. The number of nitrogens with one attached hydrogen (secondary N) is 2. The van der Waals surface area contributed by atoms with E-state index in [1.165, 1.54) is 0 Å². The average Bonchev–Trinajstić information content (AvgIpc) is 3.13. The van der Waals surface area contributed by atoms with Gasteiger partial charge in [0.1, 0.15) is 23.4 Å². The second-order valence-corrected chi connectivity index (χ2v) is 14.2. The summed E-state index contributed by atoms with van der Waals surface area (Å²) in [5, 5.41) is 17.6. The van der Waals surface area contributed by atoms with Crippen molar-refractivity contribution in [1.82, 2.24) is 4.90 Å². The van der Waals surface area contributed by atoms with Crippen LogP contribution in [0.2, 0.25) is 0 Å². The van der Waals surface area contributed by atoms with Gasteiger partial charge in [0.15, 0.2) is 0 Å². The lowest BCUT2D eigenvalue weighted by Gasteiger charge is -2.33. The van der Waals surface area contributed by atoms with E-state index >= 15 is 4.57 Å². The van der Waals surface area contributed by atoms with Crippen molar-refractivity contribution in [1.29, 1.82) is 10.8 Å². The Hall–Kier alpha value is -4.95. The first-order chi connectivity index (χ1) is 23.8. The number of nitrogens with zero attached hydrogens (tertiary/aromatic N) is 1. The van der Waals surface area contributed by atoms with Gasteiger partial charge in [0.05, 0.1) is 19.0 Å². The molecule has 0 aromatic heterocycles. The van der Waals surface area contributed by atoms with Gasteiger partial charge < -0.3 is 29.2 Å². The Morgan fingerprint density at radius 3 is 1.92 bits per heavy atom. The molecule has 4 N–H and O–H groups in total. The van der Waals surface area contributed by atoms with E-state index in [4.69, 9.17) is 35.1 Å². The minimum absolute atomic E-state index is 0.0306. The summed E-state index contributed by atoms with van der Waals surface area (Å²) in [5.41, 5.74) is 8.66. The minimum Gasteiger partial charge on any atom is -0.490 e. The molecule has 1 heterocycles. The number of nitrogen functional groups attached to an aromatic ring is 1. The molecule has 49 heavy (non-hydrogen) atoms. The molecule has 0 spiro atoms. The Kier molecular flexibility index (Phi) is 10.7. The molecule has 5 aromatic carbocycles. The predicted molar refractivity (Wildman–Crippen MR) is 193 cm³/mol. The fourth-order valence-electron chi connectivity index (χ4n) is 5.77. The molecule has 10 heteroatoms. The van der Waals surface area contributed by atoms with Crippen LogP contribution in [0.15, 0.2) is 121 Å². The molecular weight excluding hydrogens is 635 g/mol. The van der Waals surface area contributed by atoms with Crippen molar-refractivity contribution >= 4 is 30.0 Å². The third-order valence-electron chi connectivity index (χ3n) is 8.55. The van der Waals surface area contributed by atoms with Crippen LogP contribution in [0.4, 0.5) is 0 Å². The Morgan fingerprint density at radius 1 is 0.776 bits per heavy atom. The van der Waals surface area contributed by atoms with E-state index in [1.54, 1.807) is 6.07 Å². The fourth-order valence-corrected chi connectivity index (χ4v) is 7.56. The number of hydrogen-bond acceptors (Lipinski definition) is 7. The van der Waals surface area contributed by atoms with Crippen LogP contribution in [-0.2, 0) is 26.8 Å². The van der Waals surface area contributed by atoms with Crippen LogP contribution in [-0.4, -0.2) is 35.8 Å². The lowest BCUT2D eigenvalue weighted by molar-refractivity contribution is 0.130. The molecule has 1 unspecified atom stereocenters. The first-order valence-electron chi connectivity index (χ1n) is 16.3. The zero-order chi connectivity index (χ0) is 34.2. The zero-order valence-electron chi connectivity index (χ0n) is 27.5. The van der Waals surface area contributed by atoms with Crippen molar-refractivity contribution in [2.24, 2.45) is 5.73 Å². The molecule has 9 nitrogen and oxygen atoms in total. The summed E-state index contributed by atoms with van der Waals surface area (Å²) in [4.78, 5) is 2.06. The first kappa shape index (κ1) is 33.9. The first-order valence-corrected chi connectivity index (χ1v) is 18.0. The Bertz CT molecular complexity index is 1880. The monoisotopic (exact) mass is 676 g/mol. The topological polar surface area (TPSA) is 131 Å². The number of ether oxygens (including phenoxy) is 2. The van der Waals surface area contributed by atoms with Crippen molar-refractivity contribution in [3.05, 3.63) is 144 Å². The molecule has 1 saturated heterocycles. The summed E-state index contributed by atoms with van der Waals surface area (Å²) in [6.45, 7) is 3.50. The van der Waals surface area contributed by atoms with Crippen LogP contribution in [0, 0.1) is 10.8 Å². The third kappa shape index (κ3) is 8.75. The van der Waals surface area contributed by atoms with E-state index in [0.717, 1.165) is 47.8 Å². The molecule has 1 aliphatic rings. The number of amidine groups is 2. The highest BCUT2D eigenvalue weighted by Crippen LogP contribution is 2.62. The molecule has 0 bridgehead atoms. The van der Waals surface area contributed by atoms with Gasteiger partial charge in [-0.15, -0.1) is 0 Å². The van der Waals surface area contributed by atoms with Crippen molar-refractivity contribution in [3.8, 4) is 11.5 Å². The van der Waals surface area contributed by atoms with Crippen molar-refractivity contribution < 1.29 is 23.1 Å². The molecule has 5 aromatic rings. The summed E-state index contributed by atoms with van der Waals surface area (Å²) >= 11 is 0. The molecule has 1 fully saturated rings. The second kappa shape index (κ2) is 15.5. The van der Waals surface area contributed by atoms with Gasteiger partial charge in [0.2, 0.25) is 5.85 Å². The van der Waals surface area contributed by atoms with Crippen LogP contribution < -0.4 is 15.2 Å². The number of fused-ring (bicyclic) bond motifs is 1. The Morgan fingerprint density at radius 2 is 1.35 bits per heavy atom. The Labute approximate surface area is 287 Å². The van der Waals surface area contributed by atoms with Gasteiger partial charge in [-0.2, -0.15) is 0 Å². The largest absolute Gasteiger partial charge is 0.490 e. The predicted octanol–water partition coefficient (Wildman–Crippen LogP) is 8.67. The van der Waals surface area contributed by atoms with E-state index in [9.17, 15) is 0 Å². The second-order valence-electron chi connectivity index (χ2n) is 12.1. The maximum Gasteiger partial charge on any atom is 0.376 e. The number of hydrogen-bond donors (Lipinski definition) is 3. The number of nitrogens with two attached hydrogens (primary N) is 1. The molecule has 6 rings (SSSR count). The molecule has 1 atom stereocenters. The lowest BCUT2D eigenvalue weighted by Crippen LogP contribution is -2.40. The summed E-state index contributed by atoms with van der Waals surface area (Å²) in [6, 6.07) is 37.6. The van der Waals surface area contributed by atoms with E-state index in [1.807, 2.05) is 122 Å². The summed E-state index contributed by atoms with van der Waals surface area (Å²) in [6.07, 6.45) is 1.69. The molecular formula is C39H41N4O5P. The third-order valence-corrected chi connectivity index (χ3v) is 10.5. The average molecular weight is 677 g/mol. The van der Waals surface area contributed by atoms with Gasteiger partial charge in [-0.05, 0) is 59.2 Å². The van der Waals surface area contributed by atoms with Crippen LogP contribution in [0.1, 0.15) is 47.9 Å². The van der Waals surface area contributed by atoms with E-state index in [0.29, 0.717) is 28.5 Å². The standard InChI is InChI=1S/C39H41N4O5P/c1-28(40)43-22-20-36(21-23-43)47-35-17-15-32(16-18-35)39(48-37-19-14-31-12-13-33(38(41)42)24-34(31)25-37)49(44,45-26-29-8-4-2-5-9-29)46-27-30-10-6-3-7-11-30/h2-19,24-25,36,39-40H,20-23,26-27H2,1H3,(H3,41,42). The number of benzene rings is 5. The maximum absolute atomic E-state index is 15.1. The van der Waals surface area contributed by atoms with Crippen LogP contribution in [0.25, 0.3) is 10.8 Å². The number of piperidine rings is 1. The number of likely N-dealkylation sites (tertiary alicyclic amines) is 1.